The number of carbonyl (C=O) groups is 2. The van der Waals surface area contributed by atoms with Gasteiger partial charge < -0.3 is 10.2 Å². The van der Waals surface area contributed by atoms with Gasteiger partial charge in [0.05, 0.1) is 10.9 Å². The third-order valence-corrected chi connectivity index (χ3v) is 8.31. The van der Waals surface area contributed by atoms with Crippen molar-refractivity contribution in [2.24, 2.45) is 5.92 Å². The maximum atomic E-state index is 13.0. The second-order valence-corrected chi connectivity index (χ2v) is 10.6. The number of likely N-dealkylation sites (tertiary alicyclic amines) is 1. The van der Waals surface area contributed by atoms with Gasteiger partial charge in [-0.25, -0.2) is 8.42 Å². The molecule has 2 amide bonds. The predicted molar refractivity (Wildman–Crippen MR) is 123 cm³/mol. The molecule has 0 saturated carbocycles. The van der Waals surface area contributed by atoms with Crippen LogP contribution in [0.5, 0.6) is 0 Å². The topological polar surface area (TPSA) is 86.8 Å². The molecular formula is C23H26ClN3O4S. The van der Waals surface area contributed by atoms with Gasteiger partial charge >= 0.3 is 0 Å². The van der Waals surface area contributed by atoms with Crippen molar-refractivity contribution >= 4 is 39.1 Å². The minimum atomic E-state index is -3.73. The van der Waals surface area contributed by atoms with Crippen LogP contribution in [-0.4, -0.2) is 49.1 Å². The molecule has 2 aliphatic rings. The lowest BCUT2D eigenvalue weighted by Crippen LogP contribution is -2.35. The van der Waals surface area contributed by atoms with Gasteiger partial charge in [0.2, 0.25) is 21.8 Å². The van der Waals surface area contributed by atoms with Crippen molar-refractivity contribution in [3.05, 3.63) is 59.1 Å². The molecule has 4 rings (SSSR count). The zero-order valence-corrected chi connectivity index (χ0v) is 19.2. The summed E-state index contributed by atoms with van der Waals surface area (Å²) in [4.78, 5) is 26.9. The number of amides is 2. The van der Waals surface area contributed by atoms with Crippen LogP contribution in [-0.2, 0) is 26.2 Å². The molecule has 2 saturated heterocycles. The lowest BCUT2D eigenvalue weighted by atomic mass is 10.1. The Kier molecular flexibility index (Phi) is 6.83. The van der Waals surface area contributed by atoms with Crippen molar-refractivity contribution in [2.75, 3.05) is 25.0 Å². The van der Waals surface area contributed by atoms with Crippen LogP contribution in [0.15, 0.2) is 53.4 Å². The molecule has 32 heavy (non-hydrogen) atoms. The van der Waals surface area contributed by atoms with Crippen LogP contribution in [0.2, 0.25) is 5.02 Å². The molecule has 1 N–H and O–H groups in total. The number of hydrogen-bond donors (Lipinski definition) is 1. The van der Waals surface area contributed by atoms with Crippen molar-refractivity contribution in [3.63, 3.8) is 0 Å². The monoisotopic (exact) mass is 475 g/mol. The number of benzene rings is 2. The molecule has 0 bridgehead atoms. The number of rotatable bonds is 6. The van der Waals surface area contributed by atoms with E-state index in [1.165, 1.54) is 16.4 Å². The first-order chi connectivity index (χ1) is 15.3. The van der Waals surface area contributed by atoms with E-state index in [-0.39, 0.29) is 28.2 Å². The Balaban J connectivity index is 1.44. The first kappa shape index (κ1) is 22.8. The van der Waals surface area contributed by atoms with Crippen LogP contribution >= 0.6 is 11.6 Å². The quantitative estimate of drug-likeness (QED) is 0.692. The Morgan fingerprint density at radius 3 is 2.50 bits per heavy atom. The molecule has 0 spiro atoms. The molecule has 0 aliphatic carbocycles. The van der Waals surface area contributed by atoms with Crippen molar-refractivity contribution in [1.29, 1.82) is 0 Å². The molecule has 9 heteroatoms. The van der Waals surface area contributed by atoms with Gasteiger partial charge in [-0.2, -0.15) is 4.31 Å². The van der Waals surface area contributed by atoms with Crippen LogP contribution in [0.1, 0.15) is 31.2 Å². The minimum absolute atomic E-state index is 0.00734. The first-order valence-electron chi connectivity index (χ1n) is 10.8. The van der Waals surface area contributed by atoms with Gasteiger partial charge in [0.25, 0.3) is 0 Å². The van der Waals surface area contributed by atoms with E-state index in [0.717, 1.165) is 24.8 Å². The average Bonchev–Trinajstić information content (AvgIpc) is 3.16. The Hall–Kier alpha value is -2.42. The van der Waals surface area contributed by atoms with Gasteiger partial charge in [0, 0.05) is 38.3 Å². The summed E-state index contributed by atoms with van der Waals surface area (Å²) in [5, 5.41) is 2.90. The van der Waals surface area contributed by atoms with Gasteiger partial charge in [-0.15, -0.1) is 0 Å². The van der Waals surface area contributed by atoms with Crippen LogP contribution in [0.3, 0.4) is 0 Å². The van der Waals surface area contributed by atoms with Crippen molar-refractivity contribution in [3.8, 4) is 0 Å². The molecule has 1 unspecified atom stereocenters. The van der Waals surface area contributed by atoms with Gasteiger partial charge in [-0.3, -0.25) is 9.59 Å². The zero-order chi connectivity index (χ0) is 22.7. The summed E-state index contributed by atoms with van der Waals surface area (Å²) >= 11 is 6.21. The summed E-state index contributed by atoms with van der Waals surface area (Å²) in [7, 11) is -3.73. The zero-order valence-electron chi connectivity index (χ0n) is 17.7. The summed E-state index contributed by atoms with van der Waals surface area (Å²) in [5.41, 5.74) is 1.36. The maximum absolute atomic E-state index is 13.0. The van der Waals surface area contributed by atoms with Gasteiger partial charge in [0.15, 0.2) is 0 Å². The maximum Gasteiger partial charge on any atom is 0.244 e. The highest BCUT2D eigenvalue weighted by Crippen LogP contribution is 2.30. The molecule has 2 heterocycles. The number of hydrogen-bond acceptors (Lipinski definition) is 4. The average molecular weight is 476 g/mol. The molecule has 2 aliphatic heterocycles. The van der Waals surface area contributed by atoms with Crippen LogP contribution in [0.25, 0.3) is 0 Å². The fourth-order valence-corrected chi connectivity index (χ4v) is 6.19. The summed E-state index contributed by atoms with van der Waals surface area (Å²) in [6.45, 7) is 1.72. The highest BCUT2D eigenvalue weighted by molar-refractivity contribution is 7.89. The highest BCUT2D eigenvalue weighted by Gasteiger charge is 2.34. The summed E-state index contributed by atoms with van der Waals surface area (Å²) in [6.07, 6.45) is 2.79. The largest absolute Gasteiger partial charge is 0.338 e. The van der Waals surface area contributed by atoms with E-state index in [9.17, 15) is 18.0 Å². The number of nitrogens with one attached hydrogen (secondary N) is 1. The minimum Gasteiger partial charge on any atom is -0.338 e. The number of carbonyl (C=O) groups excluding carboxylic acids is 2. The van der Waals surface area contributed by atoms with E-state index < -0.39 is 15.9 Å². The third kappa shape index (κ3) is 4.98. The van der Waals surface area contributed by atoms with E-state index in [1.807, 2.05) is 30.3 Å². The Bertz CT molecular complexity index is 1100. The first-order valence-corrected chi connectivity index (χ1v) is 12.6. The van der Waals surface area contributed by atoms with E-state index in [1.54, 1.807) is 11.0 Å². The standard InChI is InChI=1S/C23H26ClN3O4S/c24-20-10-9-19(14-21(20)32(30,31)27-11-5-2-6-12-27)25-23(29)18-13-22(28)26(16-18)15-17-7-3-1-4-8-17/h1,3-4,7-10,14,18H,2,5-6,11-13,15-16H2,(H,25,29). The molecule has 170 valence electrons. The number of anilines is 1. The second-order valence-electron chi connectivity index (χ2n) is 8.26. The van der Waals surface area contributed by atoms with Crippen LogP contribution in [0.4, 0.5) is 5.69 Å². The molecular weight excluding hydrogens is 450 g/mol. The predicted octanol–water partition coefficient (Wildman–Crippen LogP) is 3.50. The van der Waals surface area contributed by atoms with E-state index in [4.69, 9.17) is 11.6 Å². The number of sulfonamides is 1. The normalized spacial score (nSPS) is 19.8. The molecule has 2 fully saturated rings. The van der Waals surface area contributed by atoms with Crippen molar-refractivity contribution < 1.29 is 18.0 Å². The van der Waals surface area contributed by atoms with Crippen molar-refractivity contribution in [1.82, 2.24) is 9.21 Å². The molecule has 0 aromatic heterocycles. The fraction of sp³-hybridized carbons (Fsp3) is 0.391. The van der Waals surface area contributed by atoms with Crippen LogP contribution in [0, 0.1) is 5.92 Å². The molecule has 1 atom stereocenters. The third-order valence-electron chi connectivity index (χ3n) is 5.93. The fourth-order valence-electron chi connectivity index (χ4n) is 4.17. The Labute approximate surface area is 193 Å². The molecule has 2 aromatic rings. The highest BCUT2D eigenvalue weighted by atomic mass is 35.5. The molecule has 2 aromatic carbocycles. The SMILES string of the molecule is O=C(Nc1ccc(Cl)c(S(=O)(=O)N2CCCCC2)c1)C1CC(=O)N(Cc2ccccc2)C1. The Morgan fingerprint density at radius 1 is 1.06 bits per heavy atom. The summed E-state index contributed by atoms with van der Waals surface area (Å²) in [5.74, 6) is -0.875. The summed E-state index contributed by atoms with van der Waals surface area (Å²) in [6, 6.07) is 14.1. The molecule has 0 radical (unpaired) electrons. The van der Waals surface area contributed by atoms with Gasteiger partial charge in [-0.1, -0.05) is 48.4 Å². The Morgan fingerprint density at radius 2 is 1.78 bits per heavy atom. The molecule has 7 nitrogen and oxygen atoms in total. The second kappa shape index (κ2) is 9.60. The van der Waals surface area contributed by atoms with Crippen molar-refractivity contribution in [2.45, 2.75) is 37.1 Å². The van der Waals surface area contributed by atoms with Crippen LogP contribution < -0.4 is 5.32 Å². The van der Waals surface area contributed by atoms with E-state index in [2.05, 4.69) is 5.32 Å². The number of halogens is 1. The van der Waals surface area contributed by atoms with Gasteiger partial charge in [0.1, 0.15) is 4.90 Å². The summed E-state index contributed by atoms with van der Waals surface area (Å²) < 4.78 is 27.5. The van der Waals surface area contributed by atoms with E-state index >= 15 is 0 Å². The lowest BCUT2D eigenvalue weighted by molar-refractivity contribution is -0.128. The van der Waals surface area contributed by atoms with Gasteiger partial charge in [-0.05, 0) is 36.6 Å². The smallest absolute Gasteiger partial charge is 0.244 e. The lowest BCUT2D eigenvalue weighted by Gasteiger charge is -2.26. The van der Waals surface area contributed by atoms with E-state index in [0.29, 0.717) is 31.9 Å². The number of piperidine rings is 1. The number of nitrogens with zero attached hydrogens (tertiary/aromatic N) is 2.